The highest BCUT2D eigenvalue weighted by molar-refractivity contribution is 5.85. The highest BCUT2D eigenvalue weighted by Crippen LogP contribution is 2.13. The number of ether oxygens (including phenoxy) is 1. The second kappa shape index (κ2) is 12.5. The van der Waals surface area contributed by atoms with Crippen molar-refractivity contribution in [3.05, 3.63) is 35.9 Å². The van der Waals surface area contributed by atoms with E-state index in [9.17, 15) is 4.79 Å². The van der Waals surface area contributed by atoms with Gasteiger partial charge in [0.2, 0.25) is 5.91 Å². The largest absolute Gasteiger partial charge is 0.373 e. The predicted molar refractivity (Wildman–Crippen MR) is 107 cm³/mol. The van der Waals surface area contributed by atoms with E-state index in [1.165, 1.54) is 0 Å². The molecule has 1 saturated heterocycles. The van der Waals surface area contributed by atoms with E-state index in [4.69, 9.17) is 10.5 Å². The van der Waals surface area contributed by atoms with Gasteiger partial charge in [-0.25, -0.2) is 0 Å². The SMILES string of the molecule is CC1CN(CCCNC(=O)CC(N)c2ccccc2)CC(C)O1.Cl.Cl. The molecule has 3 unspecified atom stereocenters. The standard InChI is InChI=1S/C18H29N3O2.2ClH/c1-14-12-21(13-15(2)23-14)10-6-9-20-18(22)11-17(19)16-7-4-3-5-8-16;;/h3-5,7-8,14-15,17H,6,9-13,19H2,1-2H3,(H,20,22);2*1H. The van der Waals surface area contributed by atoms with E-state index in [0.717, 1.165) is 31.6 Å². The molecule has 1 amide bonds. The Morgan fingerprint density at radius 2 is 1.84 bits per heavy atom. The van der Waals surface area contributed by atoms with E-state index >= 15 is 0 Å². The molecule has 1 fully saturated rings. The van der Waals surface area contributed by atoms with Crippen LogP contribution in [0.2, 0.25) is 0 Å². The van der Waals surface area contributed by atoms with Crippen molar-refractivity contribution < 1.29 is 9.53 Å². The van der Waals surface area contributed by atoms with Gasteiger partial charge in [0.25, 0.3) is 0 Å². The van der Waals surface area contributed by atoms with Crippen molar-refractivity contribution >= 4 is 30.7 Å². The lowest BCUT2D eigenvalue weighted by molar-refractivity contribution is -0.121. The molecule has 5 nitrogen and oxygen atoms in total. The van der Waals surface area contributed by atoms with E-state index in [1.807, 2.05) is 30.3 Å². The molecule has 1 aromatic carbocycles. The number of carbonyl (C=O) groups is 1. The van der Waals surface area contributed by atoms with Crippen LogP contribution in [-0.4, -0.2) is 49.2 Å². The Morgan fingerprint density at radius 3 is 2.44 bits per heavy atom. The number of nitrogens with one attached hydrogen (secondary N) is 1. The molecule has 0 bridgehead atoms. The zero-order valence-electron chi connectivity index (χ0n) is 15.0. The lowest BCUT2D eigenvalue weighted by Gasteiger charge is -2.35. The zero-order valence-corrected chi connectivity index (χ0v) is 16.7. The third kappa shape index (κ3) is 8.88. The maximum atomic E-state index is 12.0. The van der Waals surface area contributed by atoms with Crippen molar-refractivity contribution in [1.82, 2.24) is 10.2 Å². The van der Waals surface area contributed by atoms with Crippen molar-refractivity contribution in [3.63, 3.8) is 0 Å². The molecule has 25 heavy (non-hydrogen) atoms. The first kappa shape index (κ1) is 24.1. The quantitative estimate of drug-likeness (QED) is 0.700. The topological polar surface area (TPSA) is 67.6 Å². The van der Waals surface area contributed by atoms with Crippen LogP contribution in [0.25, 0.3) is 0 Å². The predicted octanol–water partition coefficient (Wildman–Crippen LogP) is 2.54. The number of hydrogen-bond donors (Lipinski definition) is 2. The molecule has 7 heteroatoms. The molecule has 0 saturated carbocycles. The van der Waals surface area contributed by atoms with Crippen LogP contribution in [-0.2, 0) is 9.53 Å². The molecule has 0 spiro atoms. The van der Waals surface area contributed by atoms with Gasteiger partial charge >= 0.3 is 0 Å². The number of carbonyl (C=O) groups excluding carboxylic acids is 1. The highest BCUT2D eigenvalue weighted by atomic mass is 35.5. The molecule has 3 atom stereocenters. The summed E-state index contributed by atoms with van der Waals surface area (Å²) in [6.45, 7) is 7.84. The normalized spacial score (nSPS) is 21.6. The van der Waals surface area contributed by atoms with Gasteiger partial charge in [0.15, 0.2) is 0 Å². The van der Waals surface area contributed by atoms with Crippen LogP contribution in [0.4, 0.5) is 0 Å². The Labute approximate surface area is 163 Å². The monoisotopic (exact) mass is 391 g/mol. The van der Waals surface area contributed by atoms with Crippen LogP contribution in [0.1, 0.15) is 38.3 Å². The maximum absolute atomic E-state index is 12.0. The number of rotatable bonds is 7. The van der Waals surface area contributed by atoms with E-state index in [0.29, 0.717) is 13.0 Å². The average molecular weight is 392 g/mol. The average Bonchev–Trinajstić information content (AvgIpc) is 2.51. The molecule has 1 aliphatic heterocycles. The minimum atomic E-state index is -0.239. The van der Waals surface area contributed by atoms with Crippen LogP contribution in [0.15, 0.2) is 30.3 Å². The van der Waals surface area contributed by atoms with E-state index in [-0.39, 0.29) is 49.0 Å². The van der Waals surface area contributed by atoms with Gasteiger partial charge < -0.3 is 15.8 Å². The van der Waals surface area contributed by atoms with Gasteiger partial charge in [0, 0.05) is 38.6 Å². The number of benzene rings is 1. The minimum absolute atomic E-state index is 0. The lowest BCUT2D eigenvalue weighted by Crippen LogP contribution is -2.46. The van der Waals surface area contributed by atoms with Crippen molar-refractivity contribution in [2.75, 3.05) is 26.2 Å². The number of halogens is 2. The summed E-state index contributed by atoms with van der Waals surface area (Å²) in [7, 11) is 0. The Kier molecular flexibility index (Phi) is 12.1. The molecule has 1 heterocycles. The summed E-state index contributed by atoms with van der Waals surface area (Å²) in [5.74, 6) is 0.0186. The number of nitrogens with zero attached hydrogens (tertiary/aromatic N) is 1. The fourth-order valence-electron chi connectivity index (χ4n) is 3.09. The third-order valence-electron chi connectivity index (χ3n) is 4.10. The smallest absolute Gasteiger partial charge is 0.221 e. The van der Waals surface area contributed by atoms with Gasteiger partial charge in [0.05, 0.1) is 12.2 Å². The molecule has 0 radical (unpaired) electrons. The van der Waals surface area contributed by atoms with Crippen LogP contribution in [0, 0.1) is 0 Å². The van der Waals surface area contributed by atoms with Gasteiger partial charge in [-0.05, 0) is 25.8 Å². The van der Waals surface area contributed by atoms with Crippen LogP contribution >= 0.6 is 24.8 Å². The molecule has 1 aliphatic rings. The molecular formula is C18H31Cl2N3O2. The van der Waals surface area contributed by atoms with Crippen LogP contribution in [0.5, 0.6) is 0 Å². The Hall–Kier alpha value is -0.850. The summed E-state index contributed by atoms with van der Waals surface area (Å²) in [5.41, 5.74) is 7.06. The zero-order chi connectivity index (χ0) is 16.7. The Balaban J connectivity index is 0.00000288. The van der Waals surface area contributed by atoms with Crippen molar-refractivity contribution in [2.45, 2.75) is 44.9 Å². The summed E-state index contributed by atoms with van der Waals surface area (Å²) < 4.78 is 5.72. The van der Waals surface area contributed by atoms with E-state index in [2.05, 4.69) is 24.1 Å². The van der Waals surface area contributed by atoms with Gasteiger partial charge in [-0.15, -0.1) is 24.8 Å². The van der Waals surface area contributed by atoms with Crippen molar-refractivity contribution in [2.24, 2.45) is 5.73 Å². The fraction of sp³-hybridized carbons (Fsp3) is 0.611. The molecule has 3 N–H and O–H groups in total. The maximum Gasteiger partial charge on any atom is 0.221 e. The van der Waals surface area contributed by atoms with Crippen LogP contribution in [0.3, 0.4) is 0 Å². The summed E-state index contributed by atoms with van der Waals surface area (Å²) >= 11 is 0. The van der Waals surface area contributed by atoms with Gasteiger partial charge in [-0.2, -0.15) is 0 Å². The number of hydrogen-bond acceptors (Lipinski definition) is 4. The van der Waals surface area contributed by atoms with Gasteiger partial charge in [-0.1, -0.05) is 30.3 Å². The van der Waals surface area contributed by atoms with Crippen molar-refractivity contribution in [1.29, 1.82) is 0 Å². The molecule has 2 rings (SSSR count). The second-order valence-corrected chi connectivity index (χ2v) is 6.44. The van der Waals surface area contributed by atoms with E-state index in [1.54, 1.807) is 0 Å². The molecule has 0 aromatic heterocycles. The number of morpholine rings is 1. The molecule has 144 valence electrons. The molecule has 0 aliphatic carbocycles. The van der Waals surface area contributed by atoms with E-state index < -0.39 is 0 Å². The second-order valence-electron chi connectivity index (χ2n) is 6.44. The summed E-state index contributed by atoms with van der Waals surface area (Å²) in [6.07, 6.45) is 1.86. The first-order valence-electron chi connectivity index (χ1n) is 8.49. The summed E-state index contributed by atoms with van der Waals surface area (Å²) in [4.78, 5) is 14.4. The summed E-state index contributed by atoms with van der Waals surface area (Å²) in [5, 5.41) is 2.97. The highest BCUT2D eigenvalue weighted by Gasteiger charge is 2.21. The molecule has 1 aromatic rings. The van der Waals surface area contributed by atoms with Crippen molar-refractivity contribution in [3.8, 4) is 0 Å². The lowest BCUT2D eigenvalue weighted by atomic mass is 10.0. The minimum Gasteiger partial charge on any atom is -0.373 e. The third-order valence-corrected chi connectivity index (χ3v) is 4.10. The van der Waals surface area contributed by atoms with Crippen LogP contribution < -0.4 is 11.1 Å². The number of amides is 1. The van der Waals surface area contributed by atoms with Gasteiger partial charge in [-0.3, -0.25) is 9.69 Å². The fourth-order valence-corrected chi connectivity index (χ4v) is 3.09. The Bertz CT molecular complexity index is 480. The first-order chi connectivity index (χ1) is 11.0. The number of nitrogens with two attached hydrogens (primary N) is 1. The first-order valence-corrected chi connectivity index (χ1v) is 8.49. The summed E-state index contributed by atoms with van der Waals surface area (Å²) in [6, 6.07) is 9.51. The molecular weight excluding hydrogens is 361 g/mol. The van der Waals surface area contributed by atoms with Gasteiger partial charge in [0.1, 0.15) is 0 Å². The Morgan fingerprint density at radius 1 is 1.24 bits per heavy atom.